The van der Waals surface area contributed by atoms with E-state index >= 15 is 0 Å². The molecule has 2 aromatic heterocycles. The van der Waals surface area contributed by atoms with Gasteiger partial charge in [0.2, 0.25) is 0 Å². The molecule has 162 valence electrons. The number of para-hydroxylation sites is 1. The summed E-state index contributed by atoms with van der Waals surface area (Å²) in [5, 5.41) is 2.14. The van der Waals surface area contributed by atoms with E-state index < -0.39 is 35.2 Å². The van der Waals surface area contributed by atoms with Crippen molar-refractivity contribution in [2.24, 2.45) is 0 Å². The molecule has 31 heavy (non-hydrogen) atoms. The number of aromatic nitrogens is 3. The minimum absolute atomic E-state index is 0.0105. The largest absolute Gasteiger partial charge is 0.456 e. The van der Waals surface area contributed by atoms with Gasteiger partial charge in [-0.15, -0.1) is 0 Å². The summed E-state index contributed by atoms with van der Waals surface area (Å²) < 4.78 is 43.9. The van der Waals surface area contributed by atoms with Gasteiger partial charge < -0.3 is 10.1 Å². The molecule has 3 rings (SSSR count). The highest BCUT2D eigenvalue weighted by Crippen LogP contribution is 2.32. The van der Waals surface area contributed by atoms with E-state index in [2.05, 4.69) is 15.3 Å². The number of esters is 1. The van der Waals surface area contributed by atoms with Gasteiger partial charge in [0.05, 0.1) is 34.2 Å². The predicted molar refractivity (Wildman–Crippen MR) is 104 cm³/mol. The molecular formula is C19H14ClF3N4O4. The average Bonchev–Trinajstić information content (AvgIpc) is 2.72. The standard InChI is InChI=1S/C19H14ClF3N4O4/c20-13-7-11(19(21,22)23)8-24-17(13)26-15(28)9-31-16(29)5-6-27-10-25-14-4-2-1-3-12(14)18(27)30/h1-4,7-8,10H,5-6,9H2,(H,24,26,28). The molecule has 0 spiro atoms. The molecule has 0 fully saturated rings. The molecule has 1 amide bonds. The Balaban J connectivity index is 1.51. The molecule has 2 heterocycles. The molecule has 1 N–H and O–H groups in total. The van der Waals surface area contributed by atoms with Crippen LogP contribution < -0.4 is 10.9 Å². The number of rotatable bonds is 6. The first-order valence-corrected chi connectivity index (χ1v) is 9.15. The molecule has 0 saturated heterocycles. The summed E-state index contributed by atoms with van der Waals surface area (Å²) in [6.07, 6.45) is -3.00. The van der Waals surface area contributed by atoms with Crippen molar-refractivity contribution in [1.82, 2.24) is 14.5 Å². The Bertz CT molecular complexity index is 1200. The zero-order valence-electron chi connectivity index (χ0n) is 15.6. The molecule has 1 aromatic carbocycles. The number of halogens is 4. The highest BCUT2D eigenvalue weighted by atomic mass is 35.5. The number of hydrogen-bond donors (Lipinski definition) is 1. The number of anilines is 1. The summed E-state index contributed by atoms with van der Waals surface area (Å²) in [6, 6.07) is 7.36. The molecular weight excluding hydrogens is 441 g/mol. The number of benzene rings is 1. The van der Waals surface area contributed by atoms with E-state index in [4.69, 9.17) is 16.3 Å². The summed E-state index contributed by atoms with van der Waals surface area (Å²) in [7, 11) is 0. The van der Waals surface area contributed by atoms with E-state index in [0.717, 1.165) is 0 Å². The fraction of sp³-hybridized carbons (Fsp3) is 0.211. The van der Waals surface area contributed by atoms with Gasteiger partial charge in [0.25, 0.3) is 11.5 Å². The molecule has 0 saturated carbocycles. The van der Waals surface area contributed by atoms with Crippen molar-refractivity contribution >= 4 is 40.2 Å². The maximum atomic E-state index is 12.6. The van der Waals surface area contributed by atoms with Gasteiger partial charge in [-0.2, -0.15) is 13.2 Å². The summed E-state index contributed by atoms with van der Waals surface area (Å²) >= 11 is 5.69. The maximum absolute atomic E-state index is 12.6. The molecule has 8 nitrogen and oxygen atoms in total. The summed E-state index contributed by atoms with van der Waals surface area (Å²) in [5.41, 5.74) is -0.863. The Morgan fingerprint density at radius 3 is 2.65 bits per heavy atom. The Morgan fingerprint density at radius 2 is 1.94 bits per heavy atom. The maximum Gasteiger partial charge on any atom is 0.417 e. The number of nitrogens with zero attached hydrogens (tertiary/aromatic N) is 3. The molecule has 12 heteroatoms. The van der Waals surface area contributed by atoms with Gasteiger partial charge in [0.15, 0.2) is 12.4 Å². The fourth-order valence-corrected chi connectivity index (χ4v) is 2.76. The number of aryl methyl sites for hydroxylation is 1. The lowest BCUT2D eigenvalue weighted by Crippen LogP contribution is -2.24. The van der Waals surface area contributed by atoms with E-state index in [0.29, 0.717) is 23.2 Å². The minimum Gasteiger partial charge on any atom is -0.456 e. The summed E-state index contributed by atoms with van der Waals surface area (Å²) in [4.78, 5) is 43.6. The number of nitrogens with one attached hydrogen (secondary N) is 1. The van der Waals surface area contributed by atoms with Crippen LogP contribution in [0.3, 0.4) is 0 Å². The molecule has 0 aliphatic heterocycles. The molecule has 3 aromatic rings. The number of hydrogen-bond acceptors (Lipinski definition) is 6. The smallest absolute Gasteiger partial charge is 0.417 e. The molecule has 0 unspecified atom stereocenters. The van der Waals surface area contributed by atoms with Crippen molar-refractivity contribution < 1.29 is 27.5 Å². The van der Waals surface area contributed by atoms with Crippen LogP contribution in [-0.2, 0) is 27.0 Å². The number of pyridine rings is 1. The van der Waals surface area contributed by atoms with E-state index in [1.165, 1.54) is 10.9 Å². The van der Waals surface area contributed by atoms with E-state index in [9.17, 15) is 27.6 Å². The average molecular weight is 455 g/mol. The van der Waals surface area contributed by atoms with E-state index in [1.54, 1.807) is 24.3 Å². The zero-order valence-corrected chi connectivity index (χ0v) is 16.4. The molecule has 0 radical (unpaired) electrons. The SMILES string of the molecule is O=C(COC(=O)CCn1cnc2ccccc2c1=O)Nc1ncc(C(F)(F)F)cc1Cl. The Labute approximate surface area is 177 Å². The molecule has 0 atom stereocenters. The van der Waals surface area contributed by atoms with Crippen LogP contribution in [-0.4, -0.2) is 33.0 Å². The number of fused-ring (bicyclic) bond motifs is 1. The number of carbonyl (C=O) groups is 2. The third-order valence-electron chi connectivity index (χ3n) is 4.08. The van der Waals surface area contributed by atoms with Gasteiger partial charge >= 0.3 is 12.1 Å². The van der Waals surface area contributed by atoms with Crippen LogP contribution in [0.5, 0.6) is 0 Å². The van der Waals surface area contributed by atoms with Crippen LogP contribution in [0, 0.1) is 0 Å². The third kappa shape index (κ3) is 5.57. The van der Waals surface area contributed by atoms with Crippen molar-refractivity contribution in [3.63, 3.8) is 0 Å². The van der Waals surface area contributed by atoms with Crippen LogP contribution in [0.1, 0.15) is 12.0 Å². The second-order valence-electron chi connectivity index (χ2n) is 6.27. The van der Waals surface area contributed by atoms with Crippen LogP contribution >= 0.6 is 11.6 Å². The Morgan fingerprint density at radius 1 is 1.19 bits per heavy atom. The molecule has 0 bridgehead atoms. The lowest BCUT2D eigenvalue weighted by atomic mass is 10.2. The van der Waals surface area contributed by atoms with Gasteiger partial charge in [-0.1, -0.05) is 23.7 Å². The van der Waals surface area contributed by atoms with Crippen LogP contribution in [0.25, 0.3) is 10.9 Å². The lowest BCUT2D eigenvalue weighted by molar-refractivity contribution is -0.147. The summed E-state index contributed by atoms with van der Waals surface area (Å²) in [6.45, 7) is -0.716. The zero-order chi connectivity index (χ0) is 22.6. The van der Waals surface area contributed by atoms with Crippen molar-refractivity contribution in [3.8, 4) is 0 Å². The quantitative estimate of drug-likeness (QED) is 0.574. The van der Waals surface area contributed by atoms with Crippen molar-refractivity contribution in [2.75, 3.05) is 11.9 Å². The van der Waals surface area contributed by atoms with Crippen LogP contribution in [0.15, 0.2) is 47.7 Å². The monoisotopic (exact) mass is 454 g/mol. The first-order chi connectivity index (χ1) is 14.6. The first-order valence-electron chi connectivity index (χ1n) is 8.77. The lowest BCUT2D eigenvalue weighted by Gasteiger charge is -2.10. The van der Waals surface area contributed by atoms with Crippen LogP contribution in [0.2, 0.25) is 5.02 Å². The molecule has 0 aliphatic rings. The number of alkyl halides is 3. The van der Waals surface area contributed by atoms with E-state index in [1.807, 2.05) is 0 Å². The van der Waals surface area contributed by atoms with Crippen molar-refractivity contribution in [2.45, 2.75) is 19.1 Å². The van der Waals surface area contributed by atoms with Gasteiger partial charge in [-0.25, -0.2) is 9.97 Å². The second-order valence-corrected chi connectivity index (χ2v) is 6.68. The first kappa shape index (κ1) is 22.2. The topological polar surface area (TPSA) is 103 Å². The van der Waals surface area contributed by atoms with Gasteiger partial charge in [0.1, 0.15) is 0 Å². The second kappa shape index (κ2) is 9.13. The molecule has 0 aliphatic carbocycles. The number of ether oxygens (including phenoxy) is 1. The van der Waals surface area contributed by atoms with Gasteiger partial charge in [-0.05, 0) is 18.2 Å². The highest BCUT2D eigenvalue weighted by molar-refractivity contribution is 6.33. The highest BCUT2D eigenvalue weighted by Gasteiger charge is 2.31. The van der Waals surface area contributed by atoms with Crippen molar-refractivity contribution in [1.29, 1.82) is 0 Å². The fourth-order valence-electron chi connectivity index (χ4n) is 2.55. The van der Waals surface area contributed by atoms with Crippen molar-refractivity contribution in [3.05, 3.63) is 63.8 Å². The Kier molecular flexibility index (Phi) is 6.54. The minimum atomic E-state index is -4.63. The third-order valence-corrected chi connectivity index (χ3v) is 4.37. The Hall–Kier alpha value is -3.47. The summed E-state index contributed by atoms with van der Waals surface area (Å²) in [5.74, 6) is -1.90. The normalized spacial score (nSPS) is 11.4. The number of amides is 1. The van der Waals surface area contributed by atoms with E-state index in [-0.39, 0.29) is 24.3 Å². The van der Waals surface area contributed by atoms with Gasteiger partial charge in [-0.3, -0.25) is 19.0 Å². The van der Waals surface area contributed by atoms with Crippen LogP contribution in [0.4, 0.5) is 19.0 Å². The number of carbonyl (C=O) groups excluding carboxylic acids is 2. The predicted octanol–water partition coefficient (Wildman–Crippen LogP) is 3.04. The van der Waals surface area contributed by atoms with Gasteiger partial charge in [0, 0.05) is 12.7 Å².